The van der Waals surface area contributed by atoms with Gasteiger partial charge in [0, 0.05) is 10.6 Å². The first-order valence-corrected chi connectivity index (χ1v) is 5.20. The Morgan fingerprint density at radius 2 is 2.12 bits per heavy atom. The van der Waals surface area contributed by atoms with Crippen molar-refractivity contribution in [1.82, 2.24) is 0 Å². The van der Waals surface area contributed by atoms with E-state index in [0.29, 0.717) is 17.0 Å². The molecule has 0 heterocycles. The Labute approximate surface area is 103 Å². The molecule has 1 aromatic rings. The van der Waals surface area contributed by atoms with Gasteiger partial charge in [0.25, 0.3) is 5.69 Å². The molecule has 5 nitrogen and oxygen atoms in total. The van der Waals surface area contributed by atoms with Crippen molar-refractivity contribution in [2.75, 3.05) is 0 Å². The van der Waals surface area contributed by atoms with E-state index in [1.54, 1.807) is 13.0 Å². The number of nitriles is 2. The highest BCUT2D eigenvalue weighted by Crippen LogP contribution is 2.33. The lowest BCUT2D eigenvalue weighted by Crippen LogP contribution is -2.03. The van der Waals surface area contributed by atoms with Crippen LogP contribution in [0.3, 0.4) is 0 Å². The molecule has 0 bridgehead atoms. The molecule has 0 N–H and O–H groups in total. The summed E-state index contributed by atoms with van der Waals surface area (Å²) >= 11 is 5.94. The van der Waals surface area contributed by atoms with Gasteiger partial charge in [0.2, 0.25) is 0 Å². The molecular weight excluding hydrogens is 242 g/mol. The maximum Gasteiger partial charge on any atom is 0.291 e. The van der Waals surface area contributed by atoms with Crippen LogP contribution in [-0.2, 0) is 12.8 Å². The summed E-state index contributed by atoms with van der Waals surface area (Å²) in [4.78, 5) is 10.3. The largest absolute Gasteiger partial charge is 0.291 e. The Bertz CT molecular complexity index is 555. The van der Waals surface area contributed by atoms with Crippen molar-refractivity contribution in [2.45, 2.75) is 19.8 Å². The maximum absolute atomic E-state index is 11.0. The number of nitrogens with zero attached hydrogens (tertiary/aromatic N) is 3. The molecule has 0 aliphatic carbocycles. The van der Waals surface area contributed by atoms with Gasteiger partial charge in [-0.2, -0.15) is 10.5 Å². The summed E-state index contributed by atoms with van der Waals surface area (Å²) < 4.78 is 0. The van der Waals surface area contributed by atoms with Crippen molar-refractivity contribution in [3.8, 4) is 12.1 Å². The number of nitro groups is 1. The topological polar surface area (TPSA) is 90.7 Å². The zero-order valence-electron chi connectivity index (χ0n) is 9.03. The van der Waals surface area contributed by atoms with E-state index in [4.69, 9.17) is 22.1 Å². The fourth-order valence-electron chi connectivity index (χ4n) is 1.68. The van der Waals surface area contributed by atoms with Gasteiger partial charge in [-0.1, -0.05) is 18.5 Å². The molecule has 0 aliphatic rings. The van der Waals surface area contributed by atoms with Gasteiger partial charge in [-0.15, -0.1) is 0 Å². The predicted octanol–water partition coefficient (Wildman–Crippen LogP) is 2.75. The first-order chi connectivity index (χ1) is 8.06. The normalized spacial score (nSPS) is 9.41. The monoisotopic (exact) mass is 249 g/mol. The SMILES string of the molecule is CCc1c(Cl)cc(C#N)c([N+](=O)[O-])c1CC#N. The zero-order valence-corrected chi connectivity index (χ0v) is 9.78. The number of hydrogen-bond acceptors (Lipinski definition) is 4. The van der Waals surface area contributed by atoms with Gasteiger partial charge >= 0.3 is 0 Å². The summed E-state index contributed by atoms with van der Waals surface area (Å²) in [5, 5.41) is 28.8. The summed E-state index contributed by atoms with van der Waals surface area (Å²) in [6.07, 6.45) is 0.344. The first kappa shape index (κ1) is 13.0. The van der Waals surface area contributed by atoms with Gasteiger partial charge < -0.3 is 0 Å². The molecule has 0 unspecified atom stereocenters. The van der Waals surface area contributed by atoms with E-state index in [0.717, 1.165) is 0 Å². The smallest absolute Gasteiger partial charge is 0.258 e. The first-order valence-electron chi connectivity index (χ1n) is 4.82. The molecule has 0 aromatic heterocycles. The van der Waals surface area contributed by atoms with Crippen molar-refractivity contribution in [2.24, 2.45) is 0 Å². The molecule has 0 saturated carbocycles. The van der Waals surface area contributed by atoms with Crippen LogP contribution in [0.5, 0.6) is 0 Å². The molecular formula is C11H8ClN3O2. The third-order valence-electron chi connectivity index (χ3n) is 2.38. The Morgan fingerprint density at radius 3 is 2.53 bits per heavy atom. The second-order valence-electron chi connectivity index (χ2n) is 3.27. The summed E-state index contributed by atoms with van der Waals surface area (Å²) in [7, 11) is 0. The standard InChI is InChI=1S/C11H8ClN3O2/c1-2-8-9(3-4-13)11(15(16)17)7(6-14)5-10(8)12/h5H,2-3H2,1H3. The third kappa shape index (κ3) is 2.35. The fourth-order valence-corrected chi connectivity index (χ4v) is 2.03. The van der Waals surface area contributed by atoms with Gasteiger partial charge in [0.1, 0.15) is 11.6 Å². The molecule has 0 aliphatic heterocycles. The van der Waals surface area contributed by atoms with E-state index in [1.165, 1.54) is 6.07 Å². The van der Waals surface area contributed by atoms with Crippen LogP contribution >= 0.6 is 11.6 Å². The summed E-state index contributed by atoms with van der Waals surface area (Å²) in [5.41, 5.74) is 0.376. The van der Waals surface area contributed by atoms with E-state index >= 15 is 0 Å². The molecule has 17 heavy (non-hydrogen) atoms. The Kier molecular flexibility index (Phi) is 4.03. The lowest BCUT2D eigenvalue weighted by Gasteiger charge is -2.09. The molecule has 0 amide bonds. The van der Waals surface area contributed by atoms with Gasteiger partial charge in [-0.25, -0.2) is 0 Å². The highest BCUT2D eigenvalue weighted by molar-refractivity contribution is 6.31. The van der Waals surface area contributed by atoms with E-state index in [1.807, 2.05) is 6.07 Å². The number of benzene rings is 1. The van der Waals surface area contributed by atoms with Gasteiger partial charge in [0.15, 0.2) is 0 Å². The van der Waals surface area contributed by atoms with Crippen LogP contribution in [0.2, 0.25) is 5.02 Å². The third-order valence-corrected chi connectivity index (χ3v) is 2.71. The highest BCUT2D eigenvalue weighted by atomic mass is 35.5. The number of hydrogen-bond donors (Lipinski definition) is 0. The van der Waals surface area contributed by atoms with Crippen LogP contribution in [0.15, 0.2) is 6.07 Å². The van der Waals surface area contributed by atoms with Gasteiger partial charge in [-0.05, 0) is 18.1 Å². The Hall–Kier alpha value is -2.11. The molecule has 0 radical (unpaired) electrons. The summed E-state index contributed by atoms with van der Waals surface area (Å²) in [6.45, 7) is 1.79. The molecule has 6 heteroatoms. The molecule has 0 spiro atoms. The fraction of sp³-hybridized carbons (Fsp3) is 0.273. The van der Waals surface area contributed by atoms with Crippen LogP contribution < -0.4 is 0 Å². The second-order valence-corrected chi connectivity index (χ2v) is 3.68. The summed E-state index contributed by atoms with van der Waals surface area (Å²) in [5.74, 6) is 0. The van der Waals surface area contributed by atoms with Crippen LogP contribution in [-0.4, -0.2) is 4.92 Å². The lowest BCUT2D eigenvalue weighted by molar-refractivity contribution is -0.385. The van der Waals surface area contributed by atoms with Gasteiger partial charge in [-0.3, -0.25) is 10.1 Å². The molecule has 0 atom stereocenters. The number of rotatable bonds is 3. The Morgan fingerprint density at radius 1 is 1.47 bits per heavy atom. The second kappa shape index (κ2) is 5.29. The Balaban J connectivity index is 3.70. The summed E-state index contributed by atoms with van der Waals surface area (Å²) in [6, 6.07) is 4.87. The number of nitro benzene ring substituents is 1. The van der Waals surface area contributed by atoms with Crippen molar-refractivity contribution in [1.29, 1.82) is 10.5 Å². The van der Waals surface area contributed by atoms with Crippen LogP contribution in [0.25, 0.3) is 0 Å². The van der Waals surface area contributed by atoms with E-state index in [-0.39, 0.29) is 23.2 Å². The highest BCUT2D eigenvalue weighted by Gasteiger charge is 2.24. The quantitative estimate of drug-likeness (QED) is 0.608. The molecule has 1 aromatic carbocycles. The average molecular weight is 250 g/mol. The zero-order chi connectivity index (χ0) is 13.0. The maximum atomic E-state index is 11.0. The van der Waals surface area contributed by atoms with E-state index in [9.17, 15) is 10.1 Å². The van der Waals surface area contributed by atoms with Crippen LogP contribution in [0, 0.1) is 32.8 Å². The minimum absolute atomic E-state index is 0.109. The number of halogens is 1. The molecule has 0 saturated heterocycles. The predicted molar refractivity (Wildman–Crippen MR) is 61.5 cm³/mol. The van der Waals surface area contributed by atoms with Crippen molar-refractivity contribution in [3.05, 3.63) is 37.9 Å². The molecule has 86 valence electrons. The van der Waals surface area contributed by atoms with Crippen molar-refractivity contribution < 1.29 is 4.92 Å². The minimum atomic E-state index is -0.638. The van der Waals surface area contributed by atoms with Crippen LogP contribution in [0.4, 0.5) is 5.69 Å². The van der Waals surface area contributed by atoms with Gasteiger partial charge in [0.05, 0.1) is 17.4 Å². The van der Waals surface area contributed by atoms with E-state index in [2.05, 4.69) is 0 Å². The van der Waals surface area contributed by atoms with E-state index < -0.39 is 4.92 Å². The van der Waals surface area contributed by atoms with Crippen molar-refractivity contribution in [3.63, 3.8) is 0 Å². The van der Waals surface area contributed by atoms with Crippen molar-refractivity contribution >= 4 is 17.3 Å². The minimum Gasteiger partial charge on any atom is -0.258 e. The lowest BCUT2D eigenvalue weighted by atomic mass is 9.97. The average Bonchev–Trinajstić information content (AvgIpc) is 2.28. The molecule has 0 fully saturated rings. The van der Waals surface area contributed by atoms with Crippen LogP contribution in [0.1, 0.15) is 23.6 Å². The molecule has 1 rings (SSSR count).